The van der Waals surface area contributed by atoms with Crippen molar-refractivity contribution >= 4 is 33.2 Å². The number of hydrogen-bond donors (Lipinski definition) is 1. The summed E-state index contributed by atoms with van der Waals surface area (Å²) in [6.07, 6.45) is 2.21. The Bertz CT molecular complexity index is 1210. The third-order valence-electron chi connectivity index (χ3n) is 5.18. The van der Waals surface area contributed by atoms with E-state index >= 15 is 0 Å². The van der Waals surface area contributed by atoms with Gasteiger partial charge in [-0.05, 0) is 73.9 Å². The highest BCUT2D eigenvalue weighted by Gasteiger charge is 2.18. The number of aryl methyl sites for hydroxylation is 3. The van der Waals surface area contributed by atoms with Gasteiger partial charge in [0.25, 0.3) is 0 Å². The topological polar surface area (TPSA) is 46.4 Å². The van der Waals surface area contributed by atoms with Gasteiger partial charge in [-0.1, -0.05) is 34.1 Å². The number of nitrogens with one attached hydrogen (secondary N) is 1. The number of halogens is 1. The van der Waals surface area contributed by atoms with Crippen molar-refractivity contribution in [2.24, 2.45) is 0 Å². The molecule has 0 saturated heterocycles. The Morgan fingerprint density at radius 1 is 1.00 bits per heavy atom. The highest BCUT2D eigenvalue weighted by atomic mass is 79.9. The molecule has 0 atom stereocenters. The number of benzene rings is 2. The summed E-state index contributed by atoms with van der Waals surface area (Å²) < 4.78 is 3.01. The van der Waals surface area contributed by atoms with Gasteiger partial charge in [-0.15, -0.1) is 0 Å². The minimum atomic E-state index is -0.0688. The van der Waals surface area contributed by atoms with Crippen molar-refractivity contribution in [1.82, 2.24) is 9.38 Å². The van der Waals surface area contributed by atoms with E-state index in [1.165, 1.54) is 11.1 Å². The fraction of sp³-hybridized carbons (Fsp3) is 0.167. The van der Waals surface area contributed by atoms with Gasteiger partial charge in [-0.2, -0.15) is 0 Å². The van der Waals surface area contributed by atoms with Crippen molar-refractivity contribution in [2.75, 3.05) is 5.32 Å². The third-order valence-corrected chi connectivity index (χ3v) is 5.71. The van der Waals surface area contributed by atoms with Gasteiger partial charge >= 0.3 is 0 Å². The molecule has 0 aliphatic heterocycles. The second-order valence-electron chi connectivity index (χ2n) is 7.32. The number of rotatable bonds is 4. The second-order valence-corrected chi connectivity index (χ2v) is 8.24. The summed E-state index contributed by atoms with van der Waals surface area (Å²) in [5, 5.41) is 2.99. The quantitative estimate of drug-likeness (QED) is 0.425. The maximum atomic E-state index is 12.8. The van der Waals surface area contributed by atoms with Crippen LogP contribution in [0.4, 0.5) is 5.69 Å². The first kappa shape index (κ1) is 19.4. The van der Waals surface area contributed by atoms with Crippen LogP contribution in [0.3, 0.4) is 0 Å². The highest BCUT2D eigenvalue weighted by molar-refractivity contribution is 9.10. The lowest BCUT2D eigenvalue weighted by atomic mass is 10.0. The molecular formula is C24H22BrN3O. The van der Waals surface area contributed by atoms with Crippen LogP contribution < -0.4 is 5.32 Å². The Kier molecular flexibility index (Phi) is 5.24. The molecule has 1 amide bonds. The standard InChI is InChI=1S/C24H22BrN3O/c1-15-6-7-18(13-17(15)3)23-21(28-12-4-5-16(2)24(28)27-23)14-22(29)26-20-10-8-19(25)9-11-20/h4-13H,14H2,1-3H3,(H,26,29). The van der Waals surface area contributed by atoms with E-state index in [0.717, 1.165) is 38.3 Å². The van der Waals surface area contributed by atoms with Gasteiger partial charge in [0.1, 0.15) is 5.65 Å². The first-order valence-corrected chi connectivity index (χ1v) is 10.3. The minimum absolute atomic E-state index is 0.0688. The van der Waals surface area contributed by atoms with Crippen LogP contribution in [-0.4, -0.2) is 15.3 Å². The summed E-state index contributed by atoms with van der Waals surface area (Å²) >= 11 is 3.42. The Labute approximate surface area is 178 Å². The van der Waals surface area contributed by atoms with Crippen LogP contribution in [0.2, 0.25) is 0 Å². The largest absolute Gasteiger partial charge is 0.326 e. The highest BCUT2D eigenvalue weighted by Crippen LogP contribution is 2.28. The lowest BCUT2D eigenvalue weighted by Crippen LogP contribution is -2.16. The molecule has 4 nitrogen and oxygen atoms in total. The van der Waals surface area contributed by atoms with Crippen LogP contribution in [0.25, 0.3) is 16.9 Å². The maximum Gasteiger partial charge on any atom is 0.230 e. The summed E-state index contributed by atoms with van der Waals surface area (Å²) in [6, 6.07) is 17.9. The average Bonchev–Trinajstić information content (AvgIpc) is 3.06. The SMILES string of the molecule is Cc1ccc(-c2nc3c(C)cccn3c2CC(=O)Nc2ccc(Br)cc2)cc1C. The van der Waals surface area contributed by atoms with Crippen LogP contribution in [0.1, 0.15) is 22.4 Å². The fourth-order valence-electron chi connectivity index (χ4n) is 3.43. The summed E-state index contributed by atoms with van der Waals surface area (Å²) in [5.41, 5.74) is 7.96. The molecule has 0 saturated carbocycles. The van der Waals surface area contributed by atoms with E-state index in [-0.39, 0.29) is 12.3 Å². The first-order valence-electron chi connectivity index (χ1n) is 9.52. The van der Waals surface area contributed by atoms with Crippen LogP contribution in [0.15, 0.2) is 65.3 Å². The van der Waals surface area contributed by atoms with Crippen LogP contribution >= 0.6 is 15.9 Å². The van der Waals surface area contributed by atoms with Gasteiger partial charge in [-0.3, -0.25) is 4.79 Å². The first-order chi connectivity index (χ1) is 13.9. The minimum Gasteiger partial charge on any atom is -0.326 e. The van der Waals surface area contributed by atoms with Gasteiger partial charge < -0.3 is 9.72 Å². The van der Waals surface area contributed by atoms with Crippen molar-refractivity contribution in [1.29, 1.82) is 0 Å². The van der Waals surface area contributed by atoms with Crippen molar-refractivity contribution in [3.05, 3.63) is 87.7 Å². The third kappa shape index (κ3) is 3.96. The molecule has 1 N–H and O–H groups in total. The molecule has 0 aliphatic rings. The van der Waals surface area contributed by atoms with Gasteiger partial charge in [-0.25, -0.2) is 4.98 Å². The predicted molar refractivity (Wildman–Crippen MR) is 121 cm³/mol. The predicted octanol–water partition coefficient (Wildman–Crippen LogP) is 5.87. The van der Waals surface area contributed by atoms with E-state index in [2.05, 4.69) is 53.3 Å². The molecule has 4 aromatic rings. The number of hydrogen-bond acceptors (Lipinski definition) is 2. The molecule has 5 heteroatoms. The van der Waals surface area contributed by atoms with Gasteiger partial charge in [0.05, 0.1) is 17.8 Å². The summed E-state index contributed by atoms with van der Waals surface area (Å²) in [7, 11) is 0. The zero-order chi connectivity index (χ0) is 20.5. The Balaban J connectivity index is 1.75. The number of carbonyl (C=O) groups excluding carboxylic acids is 1. The Morgan fingerprint density at radius 3 is 2.48 bits per heavy atom. The van der Waals surface area contributed by atoms with E-state index in [4.69, 9.17) is 4.98 Å². The summed E-state index contributed by atoms with van der Waals surface area (Å²) in [6.45, 7) is 6.23. The number of imidazole rings is 1. The molecule has 29 heavy (non-hydrogen) atoms. The van der Waals surface area contributed by atoms with E-state index in [9.17, 15) is 4.79 Å². The molecule has 4 rings (SSSR count). The number of nitrogens with zero attached hydrogens (tertiary/aromatic N) is 2. The van der Waals surface area contributed by atoms with Gasteiger partial charge in [0.2, 0.25) is 5.91 Å². The van der Waals surface area contributed by atoms with Crippen molar-refractivity contribution in [3.63, 3.8) is 0 Å². The summed E-state index contributed by atoms with van der Waals surface area (Å²) in [5.74, 6) is -0.0688. The van der Waals surface area contributed by atoms with Crippen LogP contribution in [0.5, 0.6) is 0 Å². The zero-order valence-corrected chi connectivity index (χ0v) is 18.2. The van der Waals surface area contributed by atoms with E-state index in [0.29, 0.717) is 0 Å². The van der Waals surface area contributed by atoms with Crippen LogP contribution in [-0.2, 0) is 11.2 Å². The molecule has 2 heterocycles. The zero-order valence-electron chi connectivity index (χ0n) is 16.7. The molecular weight excluding hydrogens is 426 g/mol. The van der Waals surface area contributed by atoms with Crippen molar-refractivity contribution in [2.45, 2.75) is 27.2 Å². The maximum absolute atomic E-state index is 12.8. The molecule has 0 spiro atoms. The Hall–Kier alpha value is -2.92. The number of aromatic nitrogens is 2. The normalized spacial score (nSPS) is 11.0. The summed E-state index contributed by atoms with van der Waals surface area (Å²) in [4.78, 5) is 17.7. The van der Waals surface area contributed by atoms with Gasteiger partial charge in [0.15, 0.2) is 0 Å². The molecule has 0 bridgehead atoms. The number of pyridine rings is 1. The molecule has 2 aromatic carbocycles. The monoisotopic (exact) mass is 447 g/mol. The molecule has 2 aromatic heterocycles. The Morgan fingerprint density at radius 2 is 1.76 bits per heavy atom. The number of amides is 1. The van der Waals surface area contributed by atoms with E-state index in [1.807, 2.05) is 53.9 Å². The van der Waals surface area contributed by atoms with Crippen molar-refractivity contribution < 1.29 is 4.79 Å². The van der Waals surface area contributed by atoms with E-state index in [1.54, 1.807) is 0 Å². The van der Waals surface area contributed by atoms with Crippen LogP contribution in [0, 0.1) is 20.8 Å². The number of fused-ring (bicyclic) bond motifs is 1. The molecule has 0 unspecified atom stereocenters. The number of anilines is 1. The van der Waals surface area contributed by atoms with E-state index < -0.39 is 0 Å². The molecule has 0 aliphatic carbocycles. The molecule has 146 valence electrons. The molecule has 0 radical (unpaired) electrons. The number of carbonyl (C=O) groups is 1. The lowest BCUT2D eigenvalue weighted by molar-refractivity contribution is -0.115. The second kappa shape index (κ2) is 7.84. The lowest BCUT2D eigenvalue weighted by Gasteiger charge is -2.09. The van der Waals surface area contributed by atoms with Gasteiger partial charge in [0, 0.05) is 21.9 Å². The molecule has 0 fully saturated rings. The fourth-order valence-corrected chi connectivity index (χ4v) is 3.70. The average molecular weight is 448 g/mol. The smallest absolute Gasteiger partial charge is 0.230 e. The van der Waals surface area contributed by atoms with Crippen molar-refractivity contribution in [3.8, 4) is 11.3 Å².